The van der Waals surface area contributed by atoms with Crippen molar-refractivity contribution in [2.45, 2.75) is 17.1 Å². The summed E-state index contributed by atoms with van der Waals surface area (Å²) in [7, 11) is -3.74. The molecular formula is C12H12O4S. The highest BCUT2D eigenvalue weighted by Crippen LogP contribution is 2.25. The second-order valence-electron chi connectivity index (χ2n) is 3.71. The molecule has 0 unspecified atom stereocenters. The maximum absolute atomic E-state index is 12.2. The molecule has 0 saturated carbocycles. The third-order valence-electron chi connectivity index (χ3n) is 2.55. The molecule has 17 heavy (non-hydrogen) atoms. The van der Waals surface area contributed by atoms with Crippen LogP contribution in [-0.4, -0.2) is 30.8 Å². The number of hydrogen-bond acceptors (Lipinski definition) is 4. The number of benzene rings is 1. The first-order valence-corrected chi connectivity index (χ1v) is 6.56. The average Bonchev–Trinajstić information content (AvgIpc) is 2.33. The van der Waals surface area contributed by atoms with Crippen LogP contribution in [0.2, 0.25) is 0 Å². The highest BCUT2D eigenvalue weighted by molar-refractivity contribution is 7.95. The molecule has 5 heteroatoms. The summed E-state index contributed by atoms with van der Waals surface area (Å²) in [4.78, 5) is -0.0773. The number of aliphatic hydroxyl groups excluding tert-OH is 2. The summed E-state index contributed by atoms with van der Waals surface area (Å²) >= 11 is 0. The standard InChI is InChI=1S/C12H12O4S/c13-10-7-4-8-11(12(10)14)17(15,16)9-5-2-1-3-6-9/h1-8,10,12-14H/t10-,12-/m0/s1. The van der Waals surface area contributed by atoms with Crippen LogP contribution in [0.5, 0.6) is 0 Å². The molecule has 2 N–H and O–H groups in total. The van der Waals surface area contributed by atoms with Crippen molar-refractivity contribution in [2.24, 2.45) is 0 Å². The molecule has 4 nitrogen and oxygen atoms in total. The molecule has 0 heterocycles. The van der Waals surface area contributed by atoms with E-state index in [9.17, 15) is 18.6 Å². The van der Waals surface area contributed by atoms with Crippen LogP contribution in [0, 0.1) is 0 Å². The number of rotatable bonds is 2. The minimum atomic E-state index is -3.74. The fourth-order valence-electron chi connectivity index (χ4n) is 1.62. The quantitative estimate of drug-likeness (QED) is 0.810. The SMILES string of the molecule is O=S(=O)(C1=CC=C[C@H](O)[C@@H]1O)c1ccccc1. The molecular weight excluding hydrogens is 240 g/mol. The van der Waals surface area contributed by atoms with Gasteiger partial charge in [0.2, 0.25) is 9.84 Å². The van der Waals surface area contributed by atoms with Crippen molar-refractivity contribution in [3.63, 3.8) is 0 Å². The smallest absolute Gasteiger partial charge is 0.205 e. The van der Waals surface area contributed by atoms with Crippen molar-refractivity contribution in [1.29, 1.82) is 0 Å². The molecule has 2 atom stereocenters. The highest BCUT2D eigenvalue weighted by Gasteiger charge is 2.31. The Labute approximate surface area is 99.4 Å². The van der Waals surface area contributed by atoms with Crippen LogP contribution in [0.15, 0.2) is 58.4 Å². The van der Waals surface area contributed by atoms with Gasteiger partial charge >= 0.3 is 0 Å². The summed E-state index contributed by atoms with van der Waals surface area (Å²) < 4.78 is 24.3. The summed E-state index contributed by atoms with van der Waals surface area (Å²) in [5, 5.41) is 19.1. The summed E-state index contributed by atoms with van der Waals surface area (Å²) in [5.41, 5.74) is 0. The fraction of sp³-hybridized carbons (Fsp3) is 0.167. The van der Waals surface area contributed by atoms with Crippen LogP contribution in [0.1, 0.15) is 0 Å². The van der Waals surface area contributed by atoms with Gasteiger partial charge in [-0.3, -0.25) is 0 Å². The lowest BCUT2D eigenvalue weighted by atomic mass is 10.1. The molecule has 0 aliphatic heterocycles. The fourth-order valence-corrected chi connectivity index (χ4v) is 3.12. The topological polar surface area (TPSA) is 74.6 Å². The van der Waals surface area contributed by atoms with E-state index in [2.05, 4.69) is 0 Å². The molecule has 0 radical (unpaired) electrons. The van der Waals surface area contributed by atoms with Gasteiger partial charge in [-0.1, -0.05) is 30.4 Å². The largest absolute Gasteiger partial charge is 0.386 e. The van der Waals surface area contributed by atoms with Crippen molar-refractivity contribution in [3.05, 3.63) is 53.5 Å². The maximum Gasteiger partial charge on any atom is 0.205 e. The van der Waals surface area contributed by atoms with Gasteiger partial charge in [-0.25, -0.2) is 8.42 Å². The Bertz CT molecular complexity index is 557. The van der Waals surface area contributed by atoms with Gasteiger partial charge in [-0.05, 0) is 18.2 Å². The Morgan fingerprint density at radius 2 is 1.71 bits per heavy atom. The molecule has 0 saturated heterocycles. The van der Waals surface area contributed by atoms with E-state index in [-0.39, 0.29) is 9.80 Å². The number of sulfone groups is 1. The minimum Gasteiger partial charge on any atom is -0.386 e. The van der Waals surface area contributed by atoms with Crippen LogP contribution in [0.4, 0.5) is 0 Å². The van der Waals surface area contributed by atoms with Gasteiger partial charge in [-0.15, -0.1) is 0 Å². The van der Waals surface area contributed by atoms with E-state index < -0.39 is 22.0 Å². The zero-order chi connectivity index (χ0) is 12.5. The van der Waals surface area contributed by atoms with E-state index in [0.717, 1.165) is 0 Å². The molecule has 0 bridgehead atoms. The van der Waals surface area contributed by atoms with Crippen molar-refractivity contribution in [1.82, 2.24) is 0 Å². The van der Waals surface area contributed by atoms with Gasteiger partial charge in [-0.2, -0.15) is 0 Å². The molecule has 90 valence electrons. The van der Waals surface area contributed by atoms with E-state index in [1.807, 2.05) is 0 Å². The second kappa shape index (κ2) is 4.44. The van der Waals surface area contributed by atoms with E-state index in [1.165, 1.54) is 30.4 Å². The van der Waals surface area contributed by atoms with Gasteiger partial charge < -0.3 is 10.2 Å². The Kier molecular flexibility index (Phi) is 3.15. The Balaban J connectivity index is 2.48. The van der Waals surface area contributed by atoms with E-state index in [1.54, 1.807) is 18.2 Å². The monoisotopic (exact) mass is 252 g/mol. The molecule has 1 aliphatic carbocycles. The third kappa shape index (κ3) is 2.17. The predicted molar refractivity (Wildman–Crippen MR) is 62.9 cm³/mol. The van der Waals surface area contributed by atoms with Crippen molar-refractivity contribution >= 4 is 9.84 Å². The lowest BCUT2D eigenvalue weighted by Gasteiger charge is -2.21. The maximum atomic E-state index is 12.2. The first-order chi connectivity index (χ1) is 8.03. The van der Waals surface area contributed by atoms with Crippen LogP contribution >= 0.6 is 0 Å². The summed E-state index contributed by atoms with van der Waals surface area (Å²) in [6.45, 7) is 0. The van der Waals surface area contributed by atoms with E-state index >= 15 is 0 Å². The number of allylic oxidation sites excluding steroid dienone is 2. The number of hydrogen-bond donors (Lipinski definition) is 2. The van der Waals surface area contributed by atoms with E-state index in [0.29, 0.717) is 0 Å². The van der Waals surface area contributed by atoms with Crippen LogP contribution in [-0.2, 0) is 9.84 Å². The van der Waals surface area contributed by atoms with Gasteiger partial charge in [0, 0.05) is 0 Å². The summed E-state index contributed by atoms with van der Waals surface area (Å²) in [5.74, 6) is 0. The van der Waals surface area contributed by atoms with Crippen LogP contribution < -0.4 is 0 Å². The van der Waals surface area contributed by atoms with Gasteiger partial charge in [0.25, 0.3) is 0 Å². The Hall–Kier alpha value is -1.43. The Morgan fingerprint density at radius 1 is 1.06 bits per heavy atom. The zero-order valence-electron chi connectivity index (χ0n) is 8.89. The molecule has 0 spiro atoms. The minimum absolute atomic E-state index is 0.104. The van der Waals surface area contributed by atoms with Crippen LogP contribution in [0.3, 0.4) is 0 Å². The molecule has 1 aromatic carbocycles. The lowest BCUT2D eigenvalue weighted by molar-refractivity contribution is 0.0761. The van der Waals surface area contributed by atoms with Gasteiger partial charge in [0.1, 0.15) is 12.2 Å². The molecule has 2 rings (SSSR count). The first kappa shape index (κ1) is 12.0. The third-order valence-corrected chi connectivity index (χ3v) is 4.44. The molecule has 0 amide bonds. The summed E-state index contributed by atoms with van der Waals surface area (Å²) in [6.07, 6.45) is 1.47. The molecule has 1 aromatic rings. The van der Waals surface area contributed by atoms with Gasteiger partial charge in [0.05, 0.1) is 9.80 Å². The van der Waals surface area contributed by atoms with Gasteiger partial charge in [0.15, 0.2) is 0 Å². The Morgan fingerprint density at radius 3 is 2.35 bits per heavy atom. The lowest BCUT2D eigenvalue weighted by Crippen LogP contribution is -2.31. The van der Waals surface area contributed by atoms with Crippen molar-refractivity contribution < 1.29 is 18.6 Å². The summed E-state index contributed by atoms with van der Waals surface area (Å²) in [6, 6.07) is 7.82. The van der Waals surface area contributed by atoms with E-state index in [4.69, 9.17) is 0 Å². The molecule has 0 aromatic heterocycles. The van der Waals surface area contributed by atoms with Crippen molar-refractivity contribution in [2.75, 3.05) is 0 Å². The first-order valence-electron chi connectivity index (χ1n) is 5.08. The highest BCUT2D eigenvalue weighted by atomic mass is 32.2. The zero-order valence-corrected chi connectivity index (χ0v) is 9.71. The second-order valence-corrected chi connectivity index (χ2v) is 5.66. The molecule has 0 fully saturated rings. The number of aliphatic hydroxyl groups is 2. The van der Waals surface area contributed by atoms with Crippen molar-refractivity contribution in [3.8, 4) is 0 Å². The molecule has 1 aliphatic rings. The predicted octanol–water partition coefficient (Wildman–Crippen LogP) is 0.636. The van der Waals surface area contributed by atoms with Crippen LogP contribution in [0.25, 0.3) is 0 Å². The average molecular weight is 252 g/mol. The normalized spacial score (nSPS) is 24.5.